The fourth-order valence-electron chi connectivity index (χ4n) is 1.58. The predicted octanol–water partition coefficient (Wildman–Crippen LogP) is 4.08. The number of halogens is 2. The predicted molar refractivity (Wildman–Crippen MR) is 92.6 cm³/mol. The molecule has 1 atom stereocenters. The fourth-order valence-corrected chi connectivity index (χ4v) is 2.00. The third kappa shape index (κ3) is 3.31. The highest BCUT2D eigenvalue weighted by atomic mass is 127. The summed E-state index contributed by atoms with van der Waals surface area (Å²) in [5, 5.41) is 11.2. The normalized spacial score (nSPS) is 14.1. The second-order valence-corrected chi connectivity index (χ2v) is 7.53. The fraction of sp³-hybridized carbons (Fsp3) is 0.214. The summed E-state index contributed by atoms with van der Waals surface area (Å²) in [6.07, 6.45) is 0. The number of aromatic hydroxyl groups is 1. The summed E-state index contributed by atoms with van der Waals surface area (Å²) in [6, 6.07) is 10.5. The molecule has 1 unspecified atom stereocenters. The van der Waals surface area contributed by atoms with Crippen LogP contribution in [0.4, 0.5) is 0 Å². The van der Waals surface area contributed by atoms with Crippen LogP contribution in [0, 0.1) is 0 Å². The van der Waals surface area contributed by atoms with Gasteiger partial charge in [-0.05, 0) is 30.5 Å². The third-order valence-corrected chi connectivity index (χ3v) is 6.51. The van der Waals surface area contributed by atoms with E-state index in [1.54, 1.807) is 24.3 Å². The second kappa shape index (κ2) is 5.82. The number of phenolic OH excluding ortho intramolecular Hbond substituents is 1. The molecule has 3 nitrogen and oxygen atoms in total. The Labute approximate surface area is 138 Å². The highest BCUT2D eigenvalue weighted by molar-refractivity contribution is 14.1. The number of carbonyl (C=O) groups excluding carboxylic acids is 1. The van der Waals surface area contributed by atoms with E-state index in [4.69, 9.17) is 4.74 Å². The molecule has 0 saturated heterocycles. The molecule has 0 amide bonds. The number of phenols is 1. The van der Waals surface area contributed by atoms with Crippen molar-refractivity contribution in [3.63, 3.8) is 0 Å². The number of rotatable bonds is 3. The van der Waals surface area contributed by atoms with Crippen LogP contribution in [0.25, 0.3) is 10.8 Å². The SMILES string of the molecule is CC(I)(CI)C(=O)Oc1cccc2ccc(O)cc12. The van der Waals surface area contributed by atoms with Crippen molar-refractivity contribution in [2.45, 2.75) is 10.3 Å². The molecule has 0 radical (unpaired) electrons. The molecule has 0 saturated carbocycles. The van der Waals surface area contributed by atoms with Crippen molar-refractivity contribution in [3.8, 4) is 11.5 Å². The summed E-state index contributed by atoms with van der Waals surface area (Å²) in [7, 11) is 0. The first-order valence-corrected chi connectivity index (χ1v) is 8.23. The van der Waals surface area contributed by atoms with E-state index >= 15 is 0 Å². The largest absolute Gasteiger partial charge is 0.508 e. The Morgan fingerprint density at radius 1 is 1.37 bits per heavy atom. The maximum atomic E-state index is 12.1. The summed E-state index contributed by atoms with van der Waals surface area (Å²) in [6.45, 7) is 1.84. The van der Waals surface area contributed by atoms with E-state index in [0.29, 0.717) is 10.2 Å². The number of esters is 1. The van der Waals surface area contributed by atoms with Crippen molar-refractivity contribution in [1.82, 2.24) is 0 Å². The summed E-state index contributed by atoms with van der Waals surface area (Å²) in [5.74, 6) is 0.353. The van der Waals surface area contributed by atoms with Gasteiger partial charge in [0.05, 0.1) is 0 Å². The van der Waals surface area contributed by atoms with Crippen LogP contribution in [0.3, 0.4) is 0 Å². The molecule has 5 heteroatoms. The van der Waals surface area contributed by atoms with Gasteiger partial charge in [-0.2, -0.15) is 0 Å². The van der Waals surface area contributed by atoms with E-state index in [2.05, 4.69) is 45.2 Å². The Morgan fingerprint density at radius 3 is 2.79 bits per heavy atom. The van der Waals surface area contributed by atoms with E-state index in [1.165, 1.54) is 0 Å². The van der Waals surface area contributed by atoms with Gasteiger partial charge in [0.2, 0.25) is 0 Å². The number of hydrogen-bond acceptors (Lipinski definition) is 3. The molecule has 19 heavy (non-hydrogen) atoms. The molecule has 0 aliphatic rings. The first kappa shape index (κ1) is 14.8. The van der Waals surface area contributed by atoms with Gasteiger partial charge in [-0.1, -0.05) is 63.4 Å². The summed E-state index contributed by atoms with van der Waals surface area (Å²) in [5.41, 5.74) is 0. The molecule has 2 rings (SSSR count). The van der Waals surface area contributed by atoms with Crippen molar-refractivity contribution in [2.24, 2.45) is 0 Å². The molecular formula is C14H12I2O3. The smallest absolute Gasteiger partial charge is 0.327 e. The van der Waals surface area contributed by atoms with Crippen molar-refractivity contribution < 1.29 is 14.6 Å². The minimum Gasteiger partial charge on any atom is -0.508 e. The lowest BCUT2D eigenvalue weighted by atomic mass is 10.1. The zero-order valence-electron chi connectivity index (χ0n) is 10.2. The standard InChI is InChI=1S/C14H12I2O3/c1-14(16,8-15)13(18)19-12-4-2-3-9-5-6-10(17)7-11(9)12/h2-7,17H,8H2,1H3. The Morgan fingerprint density at radius 2 is 2.11 bits per heavy atom. The average Bonchev–Trinajstić information content (AvgIpc) is 2.39. The van der Waals surface area contributed by atoms with Gasteiger partial charge in [-0.25, -0.2) is 0 Å². The van der Waals surface area contributed by atoms with Crippen LogP contribution in [0.5, 0.6) is 11.5 Å². The monoisotopic (exact) mass is 482 g/mol. The molecule has 0 bridgehead atoms. The average molecular weight is 482 g/mol. The van der Waals surface area contributed by atoms with Gasteiger partial charge in [-0.15, -0.1) is 0 Å². The molecule has 0 aliphatic carbocycles. The maximum Gasteiger partial charge on any atom is 0.327 e. The first-order valence-electron chi connectivity index (χ1n) is 5.63. The second-order valence-electron chi connectivity index (χ2n) is 4.38. The Hall–Kier alpha value is -0.570. The van der Waals surface area contributed by atoms with Gasteiger partial charge >= 0.3 is 5.97 Å². The molecule has 0 aromatic heterocycles. The molecular weight excluding hydrogens is 470 g/mol. The first-order chi connectivity index (χ1) is 8.94. The Kier molecular flexibility index (Phi) is 4.54. The van der Waals surface area contributed by atoms with Gasteiger partial charge in [0.25, 0.3) is 0 Å². The minimum atomic E-state index is -0.558. The lowest BCUT2D eigenvalue weighted by Crippen LogP contribution is -2.34. The summed E-state index contributed by atoms with van der Waals surface area (Å²) in [4.78, 5) is 12.1. The lowest BCUT2D eigenvalue weighted by Gasteiger charge is -2.18. The zero-order valence-corrected chi connectivity index (χ0v) is 14.5. The van der Waals surface area contributed by atoms with E-state index in [-0.39, 0.29) is 11.7 Å². The van der Waals surface area contributed by atoms with E-state index in [9.17, 15) is 9.90 Å². The molecule has 100 valence electrons. The van der Waals surface area contributed by atoms with Crippen LogP contribution in [0.1, 0.15) is 6.92 Å². The quantitative estimate of drug-likeness (QED) is 0.311. The zero-order chi connectivity index (χ0) is 14.0. The molecule has 0 spiro atoms. The van der Waals surface area contributed by atoms with E-state index in [0.717, 1.165) is 10.8 Å². The van der Waals surface area contributed by atoms with Crippen LogP contribution >= 0.6 is 45.2 Å². The minimum absolute atomic E-state index is 0.155. The number of benzene rings is 2. The van der Waals surface area contributed by atoms with Crippen LogP contribution in [-0.2, 0) is 4.79 Å². The molecule has 2 aromatic carbocycles. The maximum absolute atomic E-state index is 12.1. The van der Waals surface area contributed by atoms with Gasteiger partial charge in [-0.3, -0.25) is 4.79 Å². The molecule has 1 N–H and O–H groups in total. The number of hydrogen-bond donors (Lipinski definition) is 1. The summed E-state index contributed by atoms with van der Waals surface area (Å²) < 4.78 is 5.58. The van der Waals surface area contributed by atoms with Crippen molar-refractivity contribution in [3.05, 3.63) is 36.4 Å². The highest BCUT2D eigenvalue weighted by Crippen LogP contribution is 2.31. The number of ether oxygens (including phenoxy) is 1. The molecule has 0 fully saturated rings. The van der Waals surface area contributed by atoms with Crippen LogP contribution in [-0.4, -0.2) is 18.9 Å². The van der Waals surface area contributed by atoms with Gasteiger partial charge < -0.3 is 9.84 Å². The van der Waals surface area contributed by atoms with E-state index in [1.807, 2.05) is 19.1 Å². The van der Waals surface area contributed by atoms with Crippen LogP contribution < -0.4 is 4.74 Å². The van der Waals surface area contributed by atoms with Gasteiger partial charge in [0, 0.05) is 9.81 Å². The van der Waals surface area contributed by atoms with Gasteiger partial charge in [0.1, 0.15) is 14.9 Å². The van der Waals surface area contributed by atoms with Crippen molar-refractivity contribution in [1.29, 1.82) is 0 Å². The Balaban J connectivity index is 2.41. The summed E-state index contributed by atoms with van der Waals surface area (Å²) >= 11 is 4.25. The number of carbonyl (C=O) groups is 1. The Bertz CT molecular complexity index is 623. The number of fused-ring (bicyclic) bond motifs is 1. The van der Waals surface area contributed by atoms with Crippen molar-refractivity contribution >= 4 is 61.9 Å². The number of alkyl halides is 2. The highest BCUT2D eigenvalue weighted by Gasteiger charge is 2.31. The van der Waals surface area contributed by atoms with Crippen molar-refractivity contribution in [2.75, 3.05) is 4.43 Å². The molecule has 0 aliphatic heterocycles. The molecule has 0 heterocycles. The van der Waals surface area contributed by atoms with Gasteiger partial charge in [0.15, 0.2) is 0 Å². The third-order valence-electron chi connectivity index (χ3n) is 2.70. The van der Waals surface area contributed by atoms with Crippen LogP contribution in [0.2, 0.25) is 0 Å². The lowest BCUT2D eigenvalue weighted by molar-refractivity contribution is -0.135. The van der Waals surface area contributed by atoms with Crippen LogP contribution in [0.15, 0.2) is 36.4 Å². The van der Waals surface area contributed by atoms with E-state index < -0.39 is 3.42 Å². The molecule has 2 aromatic rings. The topological polar surface area (TPSA) is 46.5 Å².